The highest BCUT2D eigenvalue weighted by molar-refractivity contribution is 6.01. The number of esters is 1. The van der Waals surface area contributed by atoms with Gasteiger partial charge in [-0.15, -0.1) is 0 Å². The summed E-state index contributed by atoms with van der Waals surface area (Å²) in [5.74, 6) is 0.161. The molecular formula is C34H50O6. The van der Waals surface area contributed by atoms with Crippen LogP contribution in [-0.4, -0.2) is 43.5 Å². The smallest absolute Gasteiger partial charge is 0.308 e. The van der Waals surface area contributed by atoms with E-state index >= 15 is 0 Å². The lowest BCUT2D eigenvalue weighted by molar-refractivity contribution is -0.174. The topological polar surface area (TPSA) is 89.9 Å². The molecule has 0 saturated heterocycles. The summed E-state index contributed by atoms with van der Waals surface area (Å²) in [7, 11) is 3.14. The number of hydrogen-bond acceptors (Lipinski definition) is 6. The fourth-order valence-electron chi connectivity index (χ4n) is 11.1. The van der Waals surface area contributed by atoms with Crippen LogP contribution in [-0.2, 0) is 23.9 Å². The van der Waals surface area contributed by atoms with Crippen molar-refractivity contribution in [2.24, 2.45) is 56.7 Å². The van der Waals surface area contributed by atoms with E-state index in [4.69, 9.17) is 9.47 Å². The predicted octanol–water partition coefficient (Wildman–Crippen LogP) is 6.63. The third kappa shape index (κ3) is 3.86. The van der Waals surface area contributed by atoms with Crippen LogP contribution in [0.2, 0.25) is 0 Å². The van der Waals surface area contributed by atoms with Crippen molar-refractivity contribution in [3.8, 4) is 0 Å². The molecule has 0 radical (unpaired) electrons. The lowest BCUT2D eigenvalue weighted by Gasteiger charge is -2.68. The number of ether oxygens (including phenoxy) is 2. The van der Waals surface area contributed by atoms with Crippen LogP contribution in [0.4, 0.5) is 0 Å². The summed E-state index contributed by atoms with van der Waals surface area (Å²) in [6, 6.07) is 0. The monoisotopic (exact) mass is 554 g/mol. The minimum atomic E-state index is -0.667. The molecule has 0 aromatic rings. The van der Waals surface area contributed by atoms with Gasteiger partial charge in [-0.1, -0.05) is 47.1 Å². The van der Waals surface area contributed by atoms with Crippen LogP contribution in [0.25, 0.3) is 0 Å². The molecule has 0 aliphatic heterocycles. The summed E-state index contributed by atoms with van der Waals surface area (Å²) in [4.78, 5) is 41.1. The SMILES string of the molecule is COCC[C@]1(C)C(=O)/C(=C\O)C[C@]2(C)C3=CC(=O)[C@@H]4[C@@H]5CC(C)(C)C[C@@H](C(=O)OC)C5CC[C@@]4(C)[C@]3(C)CC[C@@H]12. The number of aliphatic hydroxyl groups is 1. The second kappa shape index (κ2) is 9.54. The normalized spacial score (nSPS) is 47.0. The minimum absolute atomic E-state index is 0.0174. The standard InChI is InChI=1S/C34H50O6/c1-30(2)17-22-21(23(18-30)29(38)40-8)9-11-34(6)27(22)24(36)15-26-32(4)16-20(19-35)28(37)31(3,13-14-39-7)25(32)10-12-33(26,34)5/h15,19,21-23,25,27,35H,9-14,16-18H2,1-8H3/b20-19-/t21?,22-,23-,25+,27+,31+,32+,33-,34-/m1/s1. The van der Waals surface area contributed by atoms with Gasteiger partial charge in [0.25, 0.3) is 0 Å². The van der Waals surface area contributed by atoms with Crippen molar-refractivity contribution in [2.75, 3.05) is 20.8 Å². The Morgan fingerprint density at radius 1 is 1.02 bits per heavy atom. The number of hydrogen-bond donors (Lipinski definition) is 1. The molecule has 4 fully saturated rings. The van der Waals surface area contributed by atoms with Crippen molar-refractivity contribution in [3.05, 3.63) is 23.5 Å². The van der Waals surface area contributed by atoms with E-state index in [1.807, 2.05) is 13.0 Å². The second-order valence-electron chi connectivity index (χ2n) is 15.6. The Morgan fingerprint density at radius 2 is 1.73 bits per heavy atom. The van der Waals surface area contributed by atoms with Crippen molar-refractivity contribution < 1.29 is 29.0 Å². The summed E-state index contributed by atoms with van der Waals surface area (Å²) >= 11 is 0. The first kappa shape index (κ1) is 29.5. The van der Waals surface area contributed by atoms with Gasteiger partial charge >= 0.3 is 5.97 Å². The summed E-state index contributed by atoms with van der Waals surface area (Å²) in [5.41, 5.74) is 0.0475. The van der Waals surface area contributed by atoms with Gasteiger partial charge in [0.15, 0.2) is 11.6 Å². The highest BCUT2D eigenvalue weighted by Gasteiger charge is 2.69. The molecule has 4 saturated carbocycles. The predicted molar refractivity (Wildman–Crippen MR) is 153 cm³/mol. The van der Waals surface area contributed by atoms with Gasteiger partial charge < -0.3 is 14.6 Å². The van der Waals surface area contributed by atoms with Crippen LogP contribution in [0.3, 0.4) is 0 Å². The van der Waals surface area contributed by atoms with Gasteiger partial charge in [-0.2, -0.15) is 0 Å². The first-order valence-electron chi connectivity index (χ1n) is 15.3. The molecule has 0 spiro atoms. The molecule has 0 amide bonds. The van der Waals surface area contributed by atoms with E-state index in [2.05, 4.69) is 34.6 Å². The van der Waals surface area contributed by atoms with Crippen molar-refractivity contribution in [2.45, 2.75) is 92.9 Å². The molecule has 6 heteroatoms. The summed E-state index contributed by atoms with van der Waals surface area (Å²) < 4.78 is 10.7. The van der Waals surface area contributed by atoms with Crippen LogP contribution in [0, 0.1) is 56.7 Å². The van der Waals surface area contributed by atoms with E-state index in [-0.39, 0.29) is 63.4 Å². The van der Waals surface area contributed by atoms with E-state index in [0.717, 1.165) is 44.8 Å². The maximum atomic E-state index is 14.5. The van der Waals surface area contributed by atoms with E-state index in [9.17, 15) is 19.5 Å². The third-order valence-corrected chi connectivity index (χ3v) is 13.1. The largest absolute Gasteiger partial charge is 0.515 e. The molecule has 5 aliphatic carbocycles. The number of rotatable bonds is 4. The summed E-state index contributed by atoms with van der Waals surface area (Å²) in [6.07, 6.45) is 9.42. The molecule has 6 nitrogen and oxygen atoms in total. The van der Waals surface area contributed by atoms with E-state index in [1.54, 1.807) is 7.11 Å². The molecule has 5 aliphatic rings. The fourth-order valence-corrected chi connectivity index (χ4v) is 11.1. The molecule has 5 rings (SSSR count). The van der Waals surface area contributed by atoms with Crippen molar-refractivity contribution >= 4 is 17.5 Å². The van der Waals surface area contributed by atoms with Crippen molar-refractivity contribution in [3.63, 3.8) is 0 Å². The zero-order valence-corrected chi connectivity index (χ0v) is 25.9. The van der Waals surface area contributed by atoms with Gasteiger partial charge in [-0.3, -0.25) is 14.4 Å². The Morgan fingerprint density at radius 3 is 2.35 bits per heavy atom. The van der Waals surface area contributed by atoms with Gasteiger partial charge in [0.05, 0.1) is 19.3 Å². The summed E-state index contributed by atoms with van der Waals surface area (Å²) in [6.45, 7) is 13.9. The van der Waals surface area contributed by atoms with E-state index in [1.165, 1.54) is 12.7 Å². The molecule has 222 valence electrons. The molecule has 9 atom stereocenters. The van der Waals surface area contributed by atoms with Crippen LogP contribution in [0.1, 0.15) is 92.9 Å². The summed E-state index contributed by atoms with van der Waals surface area (Å²) in [5, 5.41) is 10.2. The lowest BCUT2D eigenvalue weighted by atomic mass is 9.34. The maximum Gasteiger partial charge on any atom is 0.308 e. The molecule has 1 N–H and O–H groups in total. The maximum absolute atomic E-state index is 14.5. The molecule has 0 bridgehead atoms. The lowest BCUT2D eigenvalue weighted by Crippen LogP contribution is -2.64. The molecule has 40 heavy (non-hydrogen) atoms. The van der Waals surface area contributed by atoms with Gasteiger partial charge in [0.2, 0.25) is 0 Å². The Labute approximate surface area is 240 Å². The highest BCUT2D eigenvalue weighted by atomic mass is 16.5. The fraction of sp³-hybridized carbons (Fsp3) is 0.794. The number of allylic oxidation sites excluding steroid dienone is 3. The quantitative estimate of drug-likeness (QED) is 0.238. The Kier molecular flexibility index (Phi) is 7.04. The van der Waals surface area contributed by atoms with E-state index in [0.29, 0.717) is 25.0 Å². The van der Waals surface area contributed by atoms with Crippen LogP contribution >= 0.6 is 0 Å². The molecular weight excluding hydrogens is 504 g/mol. The van der Waals surface area contributed by atoms with Gasteiger partial charge in [-0.05, 0) is 96.9 Å². The highest BCUT2D eigenvalue weighted by Crippen LogP contribution is 2.74. The second-order valence-corrected chi connectivity index (χ2v) is 15.6. The number of ketones is 2. The number of Topliss-reactive ketones (excluding diaryl/α,β-unsaturated/α-hetero) is 1. The number of methoxy groups -OCH3 is 2. The van der Waals surface area contributed by atoms with Gasteiger partial charge in [-0.25, -0.2) is 0 Å². The number of carbonyl (C=O) groups is 3. The molecule has 0 aromatic carbocycles. The Hall–Kier alpha value is -1.95. The number of fused-ring (bicyclic) bond motifs is 7. The van der Waals surface area contributed by atoms with Gasteiger partial charge in [0, 0.05) is 30.6 Å². The van der Waals surface area contributed by atoms with Crippen LogP contribution in [0.15, 0.2) is 23.5 Å². The molecule has 0 aromatic heterocycles. The first-order valence-corrected chi connectivity index (χ1v) is 15.3. The number of carbonyl (C=O) groups excluding carboxylic acids is 3. The number of aliphatic hydroxyl groups excluding tert-OH is 1. The molecule has 1 unspecified atom stereocenters. The van der Waals surface area contributed by atoms with Crippen LogP contribution in [0.5, 0.6) is 0 Å². The zero-order chi connectivity index (χ0) is 29.5. The van der Waals surface area contributed by atoms with Gasteiger partial charge in [0.1, 0.15) is 0 Å². The van der Waals surface area contributed by atoms with Crippen molar-refractivity contribution in [1.82, 2.24) is 0 Å². The van der Waals surface area contributed by atoms with Crippen molar-refractivity contribution in [1.29, 1.82) is 0 Å². The Balaban J connectivity index is 1.62. The van der Waals surface area contributed by atoms with E-state index < -0.39 is 10.8 Å². The zero-order valence-electron chi connectivity index (χ0n) is 25.9. The Bertz CT molecular complexity index is 1160. The average molecular weight is 555 g/mol. The first-order chi connectivity index (χ1) is 18.6. The van der Waals surface area contributed by atoms with Crippen LogP contribution < -0.4 is 0 Å². The third-order valence-electron chi connectivity index (χ3n) is 13.1. The average Bonchev–Trinajstić information content (AvgIpc) is 2.89. The molecule has 0 heterocycles. The minimum Gasteiger partial charge on any atom is -0.515 e.